The second-order valence-corrected chi connectivity index (χ2v) is 4.75. The van der Waals surface area contributed by atoms with Crippen LogP contribution in [0.1, 0.15) is 41.0 Å². The molecule has 0 bridgehead atoms. The standard InChI is InChI=1S/C10H22N2O/c1-7-9(2,3)12(6)8(13)10(4,5)11/h7,11H2,1-6H3. The maximum absolute atomic E-state index is 11.8. The number of nitrogens with zero attached hydrogens (tertiary/aromatic N) is 1. The first-order chi connectivity index (χ1) is 5.63. The second-order valence-electron chi connectivity index (χ2n) is 4.75. The molecule has 0 radical (unpaired) electrons. The van der Waals surface area contributed by atoms with E-state index in [1.807, 2.05) is 13.8 Å². The number of amides is 1. The molecule has 0 aliphatic heterocycles. The van der Waals surface area contributed by atoms with Crippen molar-refractivity contribution >= 4 is 5.91 Å². The van der Waals surface area contributed by atoms with Crippen LogP contribution in [-0.4, -0.2) is 28.9 Å². The smallest absolute Gasteiger partial charge is 0.242 e. The van der Waals surface area contributed by atoms with Gasteiger partial charge in [0.1, 0.15) is 0 Å². The average Bonchev–Trinajstić information content (AvgIpc) is 2.00. The summed E-state index contributed by atoms with van der Waals surface area (Å²) in [4.78, 5) is 13.5. The van der Waals surface area contributed by atoms with Crippen LogP contribution >= 0.6 is 0 Å². The van der Waals surface area contributed by atoms with Gasteiger partial charge in [-0.25, -0.2) is 0 Å². The minimum Gasteiger partial charge on any atom is -0.339 e. The van der Waals surface area contributed by atoms with Gasteiger partial charge < -0.3 is 10.6 Å². The minimum absolute atomic E-state index is 0.0145. The lowest BCUT2D eigenvalue weighted by Crippen LogP contribution is -2.56. The van der Waals surface area contributed by atoms with Crippen LogP contribution in [-0.2, 0) is 4.79 Å². The van der Waals surface area contributed by atoms with Crippen LogP contribution in [0, 0.1) is 0 Å². The summed E-state index contributed by atoms with van der Waals surface area (Å²) in [5.74, 6) is -0.0145. The summed E-state index contributed by atoms with van der Waals surface area (Å²) < 4.78 is 0. The Labute approximate surface area is 81.3 Å². The molecule has 0 saturated carbocycles. The van der Waals surface area contributed by atoms with Gasteiger partial charge in [-0.1, -0.05) is 6.92 Å². The molecular formula is C10H22N2O. The lowest BCUT2D eigenvalue weighted by Gasteiger charge is -2.38. The molecule has 0 fully saturated rings. The Balaban J connectivity index is 4.62. The van der Waals surface area contributed by atoms with Crippen LogP contribution in [0.15, 0.2) is 0 Å². The van der Waals surface area contributed by atoms with Crippen LogP contribution in [0.25, 0.3) is 0 Å². The molecule has 0 heterocycles. The first kappa shape index (κ1) is 12.4. The SMILES string of the molecule is CCC(C)(C)N(C)C(=O)C(C)(C)N. The summed E-state index contributed by atoms with van der Waals surface area (Å²) in [7, 11) is 1.81. The van der Waals surface area contributed by atoms with E-state index < -0.39 is 5.54 Å². The molecule has 0 atom stereocenters. The van der Waals surface area contributed by atoms with Crippen LogP contribution in [0.4, 0.5) is 0 Å². The Morgan fingerprint density at radius 3 is 1.92 bits per heavy atom. The van der Waals surface area contributed by atoms with Crippen molar-refractivity contribution in [2.45, 2.75) is 52.1 Å². The Hall–Kier alpha value is -0.570. The zero-order valence-electron chi connectivity index (χ0n) is 9.64. The van der Waals surface area contributed by atoms with E-state index in [2.05, 4.69) is 6.92 Å². The lowest BCUT2D eigenvalue weighted by atomic mass is 9.96. The second kappa shape index (κ2) is 3.66. The van der Waals surface area contributed by atoms with E-state index in [-0.39, 0.29) is 11.4 Å². The van der Waals surface area contributed by atoms with Gasteiger partial charge in [0.05, 0.1) is 5.54 Å². The maximum atomic E-state index is 11.8. The van der Waals surface area contributed by atoms with Gasteiger partial charge in [0.25, 0.3) is 0 Å². The van der Waals surface area contributed by atoms with E-state index in [1.165, 1.54) is 0 Å². The topological polar surface area (TPSA) is 46.3 Å². The molecule has 0 aromatic heterocycles. The first-order valence-corrected chi connectivity index (χ1v) is 4.70. The molecule has 0 rings (SSSR count). The zero-order valence-corrected chi connectivity index (χ0v) is 9.64. The number of likely N-dealkylation sites (N-methyl/N-ethyl adjacent to an activating group) is 1. The summed E-state index contributed by atoms with van der Waals surface area (Å²) in [6.07, 6.45) is 0.922. The van der Waals surface area contributed by atoms with Crippen LogP contribution in [0.5, 0.6) is 0 Å². The number of hydrogen-bond acceptors (Lipinski definition) is 2. The molecule has 3 nitrogen and oxygen atoms in total. The van der Waals surface area contributed by atoms with Gasteiger partial charge in [-0.05, 0) is 34.1 Å². The van der Waals surface area contributed by atoms with Gasteiger partial charge in [0.2, 0.25) is 5.91 Å². The molecule has 0 saturated heterocycles. The Bertz CT molecular complexity index is 192. The highest BCUT2D eigenvalue weighted by molar-refractivity contribution is 5.85. The molecular weight excluding hydrogens is 164 g/mol. The molecule has 0 aliphatic rings. The van der Waals surface area contributed by atoms with E-state index in [1.54, 1.807) is 25.8 Å². The minimum atomic E-state index is -0.777. The monoisotopic (exact) mass is 186 g/mol. The number of rotatable bonds is 3. The normalized spacial score (nSPS) is 12.8. The fourth-order valence-corrected chi connectivity index (χ4v) is 0.944. The van der Waals surface area contributed by atoms with E-state index in [4.69, 9.17) is 5.73 Å². The van der Waals surface area contributed by atoms with Crippen LogP contribution in [0.2, 0.25) is 0 Å². The van der Waals surface area contributed by atoms with E-state index >= 15 is 0 Å². The lowest BCUT2D eigenvalue weighted by molar-refractivity contribution is -0.139. The van der Waals surface area contributed by atoms with Crippen molar-refractivity contribution < 1.29 is 4.79 Å². The summed E-state index contributed by atoms with van der Waals surface area (Å²) >= 11 is 0. The van der Waals surface area contributed by atoms with E-state index in [0.29, 0.717) is 0 Å². The number of carbonyl (C=O) groups excluding carboxylic acids is 1. The highest BCUT2D eigenvalue weighted by atomic mass is 16.2. The third-order valence-electron chi connectivity index (χ3n) is 2.63. The number of nitrogens with two attached hydrogens (primary N) is 1. The molecule has 78 valence electrons. The molecule has 0 aromatic carbocycles. The molecule has 0 spiro atoms. The van der Waals surface area contributed by atoms with Gasteiger partial charge in [-0.15, -0.1) is 0 Å². The van der Waals surface area contributed by atoms with Crippen molar-refractivity contribution in [2.75, 3.05) is 7.05 Å². The molecule has 2 N–H and O–H groups in total. The van der Waals surface area contributed by atoms with Gasteiger partial charge in [0.15, 0.2) is 0 Å². The summed E-state index contributed by atoms with van der Waals surface area (Å²) in [6, 6.07) is 0. The number of hydrogen-bond donors (Lipinski definition) is 1. The predicted molar refractivity (Wildman–Crippen MR) is 55.4 cm³/mol. The maximum Gasteiger partial charge on any atom is 0.242 e. The average molecular weight is 186 g/mol. The fraction of sp³-hybridized carbons (Fsp3) is 0.900. The zero-order chi connectivity index (χ0) is 10.9. The summed E-state index contributed by atoms with van der Waals surface area (Å²) in [5.41, 5.74) is 4.85. The van der Waals surface area contributed by atoms with Crippen molar-refractivity contribution in [3.63, 3.8) is 0 Å². The van der Waals surface area contributed by atoms with Gasteiger partial charge >= 0.3 is 0 Å². The van der Waals surface area contributed by atoms with Crippen molar-refractivity contribution in [2.24, 2.45) is 5.73 Å². The number of carbonyl (C=O) groups is 1. The molecule has 13 heavy (non-hydrogen) atoms. The molecule has 0 aliphatic carbocycles. The molecule has 0 aromatic rings. The fourth-order valence-electron chi connectivity index (χ4n) is 0.944. The molecule has 1 amide bonds. The Kier molecular flexibility index (Phi) is 3.50. The van der Waals surface area contributed by atoms with E-state index in [0.717, 1.165) is 6.42 Å². The first-order valence-electron chi connectivity index (χ1n) is 4.70. The quantitative estimate of drug-likeness (QED) is 0.723. The van der Waals surface area contributed by atoms with Crippen molar-refractivity contribution in [3.8, 4) is 0 Å². The van der Waals surface area contributed by atoms with Crippen LogP contribution in [0.3, 0.4) is 0 Å². The third kappa shape index (κ3) is 2.99. The summed E-state index contributed by atoms with van der Waals surface area (Å²) in [5, 5.41) is 0. The summed E-state index contributed by atoms with van der Waals surface area (Å²) in [6.45, 7) is 9.61. The molecule has 0 unspecified atom stereocenters. The van der Waals surface area contributed by atoms with Crippen molar-refractivity contribution in [3.05, 3.63) is 0 Å². The van der Waals surface area contributed by atoms with Gasteiger partial charge in [0, 0.05) is 12.6 Å². The Morgan fingerprint density at radius 1 is 1.31 bits per heavy atom. The highest BCUT2D eigenvalue weighted by Crippen LogP contribution is 2.19. The highest BCUT2D eigenvalue weighted by Gasteiger charge is 2.33. The van der Waals surface area contributed by atoms with Crippen molar-refractivity contribution in [1.82, 2.24) is 4.90 Å². The predicted octanol–water partition coefficient (Wildman–Crippen LogP) is 1.37. The Morgan fingerprint density at radius 2 is 1.69 bits per heavy atom. The van der Waals surface area contributed by atoms with Crippen LogP contribution < -0.4 is 5.73 Å². The van der Waals surface area contributed by atoms with Crippen molar-refractivity contribution in [1.29, 1.82) is 0 Å². The van der Waals surface area contributed by atoms with Gasteiger partial charge in [-0.2, -0.15) is 0 Å². The van der Waals surface area contributed by atoms with Gasteiger partial charge in [-0.3, -0.25) is 4.79 Å². The third-order valence-corrected chi connectivity index (χ3v) is 2.63. The largest absolute Gasteiger partial charge is 0.339 e. The molecule has 3 heteroatoms. The van der Waals surface area contributed by atoms with E-state index in [9.17, 15) is 4.79 Å².